The Labute approximate surface area is 153 Å². The van der Waals surface area contributed by atoms with Gasteiger partial charge in [-0.2, -0.15) is 4.31 Å². The topological polar surface area (TPSA) is 62.3 Å². The summed E-state index contributed by atoms with van der Waals surface area (Å²) in [6.45, 7) is 7.93. The van der Waals surface area contributed by atoms with Crippen molar-refractivity contribution >= 4 is 44.0 Å². The molecule has 0 saturated carbocycles. The smallest absolute Gasteiger partial charge is 0.243 e. The molecule has 1 atom stereocenters. The molecule has 0 amide bonds. The highest BCUT2D eigenvalue weighted by Crippen LogP contribution is 2.33. The Balaban J connectivity index is 0.00000208. The summed E-state index contributed by atoms with van der Waals surface area (Å²) in [5.74, 6) is 0. The standard InChI is InChI=1S/C16H23N3O2S2.ClH/c1-16(2,3)15-18-13-6-5-12(9-14(13)22-15)23(20,21)19(4)11-7-8-17-10-11;/h5-6,9,11,17H,7-8,10H2,1-4H3;1H. The SMILES string of the molecule is CN(C1CCNC1)S(=O)(=O)c1ccc2nc(C(C)(C)C)sc2c1.Cl. The van der Waals surface area contributed by atoms with Gasteiger partial charge in [0.15, 0.2) is 0 Å². The first-order valence-corrected chi connectivity index (χ1v) is 10.0. The van der Waals surface area contributed by atoms with Gasteiger partial charge in [0, 0.05) is 25.0 Å². The van der Waals surface area contributed by atoms with Crippen LogP contribution in [0.4, 0.5) is 0 Å². The lowest BCUT2D eigenvalue weighted by Crippen LogP contribution is -2.38. The maximum Gasteiger partial charge on any atom is 0.243 e. The van der Waals surface area contributed by atoms with Gasteiger partial charge in [0.25, 0.3) is 0 Å². The second-order valence-electron chi connectivity index (χ2n) is 7.07. The van der Waals surface area contributed by atoms with Gasteiger partial charge in [0.1, 0.15) is 0 Å². The molecule has 24 heavy (non-hydrogen) atoms. The van der Waals surface area contributed by atoms with Crippen LogP contribution in [0.5, 0.6) is 0 Å². The van der Waals surface area contributed by atoms with Gasteiger partial charge in [-0.3, -0.25) is 0 Å². The first-order valence-electron chi connectivity index (χ1n) is 7.79. The summed E-state index contributed by atoms with van der Waals surface area (Å²) in [7, 11) is -1.80. The van der Waals surface area contributed by atoms with Gasteiger partial charge >= 0.3 is 0 Å². The van der Waals surface area contributed by atoms with Gasteiger partial charge < -0.3 is 5.32 Å². The maximum absolute atomic E-state index is 12.8. The van der Waals surface area contributed by atoms with Crippen LogP contribution in [0.3, 0.4) is 0 Å². The van der Waals surface area contributed by atoms with E-state index in [4.69, 9.17) is 0 Å². The average molecular weight is 390 g/mol. The van der Waals surface area contributed by atoms with Crippen LogP contribution in [0.2, 0.25) is 0 Å². The summed E-state index contributed by atoms with van der Waals surface area (Å²) in [5, 5.41) is 4.24. The van der Waals surface area contributed by atoms with Crippen molar-refractivity contribution in [3.63, 3.8) is 0 Å². The van der Waals surface area contributed by atoms with Crippen molar-refractivity contribution in [3.8, 4) is 0 Å². The average Bonchev–Trinajstić information content (AvgIpc) is 3.14. The van der Waals surface area contributed by atoms with E-state index in [1.54, 1.807) is 30.5 Å². The third kappa shape index (κ3) is 3.60. The minimum atomic E-state index is -3.47. The summed E-state index contributed by atoms with van der Waals surface area (Å²) in [6, 6.07) is 5.27. The summed E-state index contributed by atoms with van der Waals surface area (Å²) in [5.41, 5.74) is 0.832. The van der Waals surface area contributed by atoms with E-state index in [1.165, 1.54) is 4.31 Å². The predicted octanol–water partition coefficient (Wildman–Crippen LogP) is 3.00. The molecular formula is C16H24ClN3O2S2. The van der Waals surface area contributed by atoms with Crippen LogP contribution in [-0.2, 0) is 15.4 Å². The summed E-state index contributed by atoms with van der Waals surface area (Å²) >= 11 is 1.57. The molecular weight excluding hydrogens is 366 g/mol. The number of nitrogens with zero attached hydrogens (tertiary/aromatic N) is 2. The molecule has 1 fully saturated rings. The molecule has 3 rings (SSSR count). The van der Waals surface area contributed by atoms with Crippen molar-refractivity contribution in [1.82, 2.24) is 14.6 Å². The number of benzene rings is 1. The molecule has 134 valence electrons. The molecule has 0 spiro atoms. The molecule has 1 aromatic heterocycles. The lowest BCUT2D eigenvalue weighted by atomic mass is 9.98. The van der Waals surface area contributed by atoms with E-state index in [0.717, 1.165) is 28.2 Å². The highest BCUT2D eigenvalue weighted by Gasteiger charge is 2.30. The number of fused-ring (bicyclic) bond motifs is 1. The van der Waals surface area contributed by atoms with Crippen molar-refractivity contribution < 1.29 is 8.42 Å². The van der Waals surface area contributed by atoms with Crippen LogP contribution < -0.4 is 5.32 Å². The first-order chi connectivity index (χ1) is 10.7. The Morgan fingerprint density at radius 1 is 1.33 bits per heavy atom. The van der Waals surface area contributed by atoms with E-state index < -0.39 is 10.0 Å². The molecule has 5 nitrogen and oxygen atoms in total. The van der Waals surface area contributed by atoms with E-state index in [-0.39, 0.29) is 23.9 Å². The Bertz CT molecular complexity index is 821. The minimum absolute atomic E-state index is 0. The number of aromatic nitrogens is 1. The van der Waals surface area contributed by atoms with Crippen LogP contribution in [0, 0.1) is 0 Å². The lowest BCUT2D eigenvalue weighted by Gasteiger charge is -2.23. The molecule has 0 aliphatic carbocycles. The Morgan fingerprint density at radius 3 is 2.62 bits per heavy atom. The van der Waals surface area contributed by atoms with E-state index in [9.17, 15) is 8.42 Å². The zero-order valence-corrected chi connectivity index (χ0v) is 16.8. The molecule has 0 bridgehead atoms. The van der Waals surface area contributed by atoms with Gasteiger partial charge in [-0.25, -0.2) is 13.4 Å². The largest absolute Gasteiger partial charge is 0.315 e. The van der Waals surface area contributed by atoms with Gasteiger partial charge in [0.05, 0.1) is 20.1 Å². The van der Waals surface area contributed by atoms with E-state index in [0.29, 0.717) is 11.4 Å². The fraction of sp³-hybridized carbons (Fsp3) is 0.562. The summed E-state index contributed by atoms with van der Waals surface area (Å²) in [6.07, 6.45) is 0.854. The second-order valence-corrected chi connectivity index (χ2v) is 10.1. The fourth-order valence-corrected chi connectivity index (χ4v) is 5.25. The summed E-state index contributed by atoms with van der Waals surface area (Å²) in [4.78, 5) is 4.98. The molecule has 1 saturated heterocycles. The van der Waals surface area contributed by atoms with E-state index in [1.807, 2.05) is 6.07 Å². The predicted molar refractivity (Wildman–Crippen MR) is 102 cm³/mol. The van der Waals surface area contributed by atoms with Gasteiger partial charge in [-0.05, 0) is 31.2 Å². The van der Waals surface area contributed by atoms with Crippen LogP contribution in [0.1, 0.15) is 32.2 Å². The zero-order chi connectivity index (χ0) is 16.8. The summed E-state index contributed by atoms with van der Waals surface area (Å²) < 4.78 is 28.1. The van der Waals surface area contributed by atoms with Crippen LogP contribution in [0.25, 0.3) is 10.2 Å². The number of sulfonamides is 1. The second kappa shape index (κ2) is 6.88. The Kier molecular flexibility index (Phi) is 5.62. The molecule has 1 aromatic carbocycles. The minimum Gasteiger partial charge on any atom is -0.315 e. The van der Waals surface area contributed by atoms with Gasteiger partial charge in [-0.1, -0.05) is 20.8 Å². The Morgan fingerprint density at radius 2 is 2.04 bits per heavy atom. The number of thiazole rings is 1. The quantitative estimate of drug-likeness (QED) is 0.876. The number of likely N-dealkylation sites (N-methyl/N-ethyl adjacent to an activating group) is 1. The normalized spacial score (nSPS) is 19.0. The molecule has 1 N–H and O–H groups in total. The first kappa shape index (κ1) is 19.6. The molecule has 1 unspecified atom stereocenters. The molecule has 1 aliphatic heterocycles. The number of nitrogens with one attached hydrogen (secondary N) is 1. The molecule has 0 radical (unpaired) electrons. The highest BCUT2D eigenvalue weighted by molar-refractivity contribution is 7.89. The zero-order valence-electron chi connectivity index (χ0n) is 14.4. The van der Waals surface area contributed by atoms with Crippen molar-refractivity contribution in [1.29, 1.82) is 0 Å². The van der Waals surface area contributed by atoms with Gasteiger partial charge in [-0.15, -0.1) is 23.7 Å². The number of hydrogen-bond donors (Lipinski definition) is 1. The maximum atomic E-state index is 12.8. The lowest BCUT2D eigenvalue weighted by molar-refractivity contribution is 0.388. The fourth-order valence-electron chi connectivity index (χ4n) is 2.70. The van der Waals surface area contributed by atoms with Crippen molar-refractivity contribution in [2.24, 2.45) is 0 Å². The van der Waals surface area contributed by atoms with Crippen LogP contribution >= 0.6 is 23.7 Å². The number of halogens is 1. The number of rotatable bonds is 3. The molecule has 2 aromatic rings. The van der Waals surface area contributed by atoms with Crippen molar-refractivity contribution in [2.45, 2.75) is 43.5 Å². The third-order valence-electron chi connectivity index (χ3n) is 4.23. The molecule has 1 aliphatic rings. The van der Waals surface area contributed by atoms with E-state index in [2.05, 4.69) is 31.1 Å². The van der Waals surface area contributed by atoms with Gasteiger partial charge in [0.2, 0.25) is 10.0 Å². The van der Waals surface area contributed by atoms with Crippen molar-refractivity contribution in [2.75, 3.05) is 20.1 Å². The molecule has 8 heteroatoms. The van der Waals surface area contributed by atoms with E-state index >= 15 is 0 Å². The van der Waals surface area contributed by atoms with Crippen LogP contribution in [-0.4, -0.2) is 43.9 Å². The molecule has 2 heterocycles. The monoisotopic (exact) mass is 389 g/mol. The number of hydrogen-bond acceptors (Lipinski definition) is 5. The Hall–Kier alpha value is -0.730. The van der Waals surface area contributed by atoms with Crippen LogP contribution in [0.15, 0.2) is 23.1 Å². The van der Waals surface area contributed by atoms with Crippen molar-refractivity contribution in [3.05, 3.63) is 23.2 Å². The third-order valence-corrected chi connectivity index (χ3v) is 7.58. The highest BCUT2D eigenvalue weighted by atomic mass is 35.5.